The normalized spacial score (nSPS) is 11.2. The summed E-state index contributed by atoms with van der Waals surface area (Å²) in [6.45, 7) is 3.14. The molecular weight excluding hydrogens is 300 g/mol. The van der Waals surface area contributed by atoms with E-state index in [1.807, 2.05) is 0 Å². The SMILES string of the molecule is CCC=C(C(=O)OCC)C(=O)c1cc(F)c(F)cc1[N+](=O)[O-]. The third-order valence-corrected chi connectivity index (χ3v) is 2.63. The first kappa shape index (κ1) is 17.4. The molecule has 0 saturated heterocycles. The van der Waals surface area contributed by atoms with Crippen LogP contribution in [0, 0.1) is 21.7 Å². The summed E-state index contributed by atoms with van der Waals surface area (Å²) < 4.78 is 31.1. The summed E-state index contributed by atoms with van der Waals surface area (Å²) in [5.74, 6) is -4.95. The standard InChI is InChI=1S/C14H13F2NO5/c1-3-5-8(14(19)22-4-2)13(18)9-6-10(15)11(16)7-12(9)17(20)21/h5-7H,3-4H2,1-2H3. The van der Waals surface area contributed by atoms with Crippen molar-refractivity contribution in [3.63, 3.8) is 0 Å². The highest BCUT2D eigenvalue weighted by molar-refractivity contribution is 6.25. The molecule has 0 heterocycles. The van der Waals surface area contributed by atoms with Crippen molar-refractivity contribution < 1.29 is 28.0 Å². The number of carbonyl (C=O) groups is 2. The van der Waals surface area contributed by atoms with E-state index in [2.05, 4.69) is 4.74 Å². The molecule has 1 rings (SSSR count). The van der Waals surface area contributed by atoms with Crippen molar-refractivity contribution in [2.45, 2.75) is 20.3 Å². The Morgan fingerprint density at radius 3 is 2.36 bits per heavy atom. The maximum absolute atomic E-state index is 13.3. The van der Waals surface area contributed by atoms with Gasteiger partial charge in [0, 0.05) is 0 Å². The molecule has 0 aliphatic carbocycles. The summed E-state index contributed by atoms with van der Waals surface area (Å²) in [5, 5.41) is 10.9. The third-order valence-electron chi connectivity index (χ3n) is 2.63. The van der Waals surface area contributed by atoms with E-state index < -0.39 is 45.1 Å². The van der Waals surface area contributed by atoms with Crippen molar-refractivity contribution in [3.05, 3.63) is 51.1 Å². The fourth-order valence-corrected chi connectivity index (χ4v) is 1.70. The van der Waals surface area contributed by atoms with Gasteiger partial charge in [-0.05, 0) is 19.4 Å². The lowest BCUT2D eigenvalue weighted by Crippen LogP contribution is -2.18. The van der Waals surface area contributed by atoms with Gasteiger partial charge in [-0.15, -0.1) is 0 Å². The number of nitro groups is 1. The molecule has 0 unspecified atom stereocenters. The number of benzene rings is 1. The Balaban J connectivity index is 3.42. The number of hydrogen-bond donors (Lipinski definition) is 0. The lowest BCUT2D eigenvalue weighted by Gasteiger charge is -2.07. The maximum atomic E-state index is 13.3. The predicted octanol–water partition coefficient (Wildman–Crippen LogP) is 2.96. The smallest absolute Gasteiger partial charge is 0.341 e. The first-order valence-corrected chi connectivity index (χ1v) is 6.38. The molecule has 1 aromatic carbocycles. The highest BCUT2D eigenvalue weighted by Crippen LogP contribution is 2.25. The second-order valence-electron chi connectivity index (χ2n) is 4.12. The van der Waals surface area contributed by atoms with Crippen LogP contribution < -0.4 is 0 Å². The van der Waals surface area contributed by atoms with E-state index in [4.69, 9.17) is 0 Å². The molecule has 8 heteroatoms. The van der Waals surface area contributed by atoms with E-state index in [1.165, 1.54) is 13.0 Å². The van der Waals surface area contributed by atoms with Crippen molar-refractivity contribution in [3.8, 4) is 0 Å². The molecule has 0 radical (unpaired) electrons. The molecule has 0 spiro atoms. The molecular formula is C14H13F2NO5. The van der Waals surface area contributed by atoms with Crippen molar-refractivity contribution in [2.75, 3.05) is 6.61 Å². The molecule has 118 valence electrons. The minimum absolute atomic E-state index is 0.00690. The highest BCUT2D eigenvalue weighted by Gasteiger charge is 2.29. The number of Topliss-reactive ketones (excluding diaryl/α,β-unsaturated/α-hetero) is 1. The van der Waals surface area contributed by atoms with Gasteiger partial charge in [0.2, 0.25) is 5.78 Å². The minimum atomic E-state index is -1.46. The summed E-state index contributed by atoms with van der Waals surface area (Å²) in [5.41, 5.74) is -2.09. The highest BCUT2D eigenvalue weighted by atomic mass is 19.2. The number of rotatable bonds is 6. The molecule has 0 atom stereocenters. The number of carbonyl (C=O) groups excluding carboxylic acids is 2. The number of ketones is 1. The minimum Gasteiger partial charge on any atom is -0.462 e. The number of hydrogen-bond acceptors (Lipinski definition) is 5. The van der Waals surface area contributed by atoms with Crippen LogP contribution in [0.4, 0.5) is 14.5 Å². The first-order chi connectivity index (χ1) is 10.3. The van der Waals surface area contributed by atoms with Crippen LogP contribution in [0.2, 0.25) is 0 Å². The third kappa shape index (κ3) is 3.72. The second-order valence-corrected chi connectivity index (χ2v) is 4.12. The van der Waals surface area contributed by atoms with Crippen molar-refractivity contribution in [1.82, 2.24) is 0 Å². The lowest BCUT2D eigenvalue weighted by atomic mass is 10.0. The van der Waals surface area contributed by atoms with Gasteiger partial charge in [0.05, 0.1) is 17.6 Å². The Bertz CT molecular complexity index is 655. The largest absolute Gasteiger partial charge is 0.462 e. The Kier molecular flexibility index (Phi) is 5.85. The van der Waals surface area contributed by atoms with Gasteiger partial charge in [0.15, 0.2) is 11.6 Å². The van der Waals surface area contributed by atoms with E-state index >= 15 is 0 Å². The molecule has 1 aromatic rings. The average Bonchev–Trinajstić information content (AvgIpc) is 2.46. The summed E-state index contributed by atoms with van der Waals surface area (Å²) in [7, 11) is 0. The fourth-order valence-electron chi connectivity index (χ4n) is 1.70. The first-order valence-electron chi connectivity index (χ1n) is 6.38. The lowest BCUT2D eigenvalue weighted by molar-refractivity contribution is -0.385. The van der Waals surface area contributed by atoms with Gasteiger partial charge in [-0.3, -0.25) is 14.9 Å². The van der Waals surface area contributed by atoms with Crippen LogP contribution in [0.5, 0.6) is 0 Å². The number of nitro benzene ring substituents is 1. The van der Waals surface area contributed by atoms with Crippen molar-refractivity contribution >= 4 is 17.4 Å². The van der Waals surface area contributed by atoms with Crippen LogP contribution in [-0.4, -0.2) is 23.3 Å². The monoisotopic (exact) mass is 313 g/mol. The molecule has 0 saturated carbocycles. The number of ether oxygens (including phenoxy) is 1. The number of allylic oxidation sites excluding steroid dienone is 1. The van der Waals surface area contributed by atoms with Gasteiger partial charge < -0.3 is 4.74 Å². The van der Waals surface area contributed by atoms with E-state index in [-0.39, 0.29) is 13.0 Å². The number of esters is 1. The molecule has 0 fully saturated rings. The molecule has 0 bridgehead atoms. The summed E-state index contributed by atoms with van der Waals surface area (Å²) in [6, 6.07) is 0.704. The van der Waals surface area contributed by atoms with E-state index in [0.29, 0.717) is 12.1 Å². The Hall–Kier alpha value is -2.64. The van der Waals surface area contributed by atoms with Gasteiger partial charge >= 0.3 is 5.97 Å². The van der Waals surface area contributed by atoms with Gasteiger partial charge in [-0.2, -0.15) is 0 Å². The molecule has 0 N–H and O–H groups in total. The van der Waals surface area contributed by atoms with Crippen LogP contribution >= 0.6 is 0 Å². The Labute approximate surface area is 124 Å². The number of halogens is 2. The fraction of sp³-hybridized carbons (Fsp3) is 0.286. The second kappa shape index (κ2) is 7.39. The zero-order valence-corrected chi connectivity index (χ0v) is 11.9. The average molecular weight is 313 g/mol. The molecule has 22 heavy (non-hydrogen) atoms. The van der Waals surface area contributed by atoms with E-state index in [0.717, 1.165) is 0 Å². The molecule has 0 amide bonds. The Morgan fingerprint density at radius 1 is 1.27 bits per heavy atom. The van der Waals surface area contributed by atoms with Crippen LogP contribution in [0.15, 0.2) is 23.8 Å². The van der Waals surface area contributed by atoms with Crippen molar-refractivity contribution in [2.24, 2.45) is 0 Å². The summed E-state index contributed by atoms with van der Waals surface area (Å²) in [4.78, 5) is 33.9. The van der Waals surface area contributed by atoms with Crippen LogP contribution in [0.25, 0.3) is 0 Å². The van der Waals surface area contributed by atoms with Crippen LogP contribution in [-0.2, 0) is 9.53 Å². The van der Waals surface area contributed by atoms with E-state index in [9.17, 15) is 28.5 Å². The van der Waals surface area contributed by atoms with Gasteiger partial charge in [0.1, 0.15) is 11.1 Å². The molecule has 0 aliphatic rings. The Morgan fingerprint density at radius 2 is 1.86 bits per heavy atom. The predicted molar refractivity (Wildman–Crippen MR) is 72.3 cm³/mol. The molecule has 0 aliphatic heterocycles. The van der Waals surface area contributed by atoms with Gasteiger partial charge in [-0.25, -0.2) is 13.6 Å². The maximum Gasteiger partial charge on any atom is 0.341 e. The topological polar surface area (TPSA) is 86.5 Å². The van der Waals surface area contributed by atoms with E-state index in [1.54, 1.807) is 6.92 Å². The summed E-state index contributed by atoms with van der Waals surface area (Å²) >= 11 is 0. The van der Waals surface area contributed by atoms with Crippen molar-refractivity contribution in [1.29, 1.82) is 0 Å². The van der Waals surface area contributed by atoms with Gasteiger partial charge in [-0.1, -0.05) is 13.0 Å². The zero-order valence-electron chi connectivity index (χ0n) is 11.9. The summed E-state index contributed by atoms with van der Waals surface area (Å²) in [6.07, 6.45) is 1.49. The van der Waals surface area contributed by atoms with Crippen LogP contribution in [0.3, 0.4) is 0 Å². The van der Waals surface area contributed by atoms with Crippen LogP contribution in [0.1, 0.15) is 30.6 Å². The molecule has 0 aromatic heterocycles. The number of nitrogens with zero attached hydrogens (tertiary/aromatic N) is 1. The van der Waals surface area contributed by atoms with Gasteiger partial charge in [0.25, 0.3) is 5.69 Å². The zero-order chi connectivity index (χ0) is 16.9. The molecule has 6 nitrogen and oxygen atoms in total. The quantitative estimate of drug-likeness (QED) is 0.153.